The molecule has 0 saturated carbocycles. The predicted octanol–water partition coefficient (Wildman–Crippen LogP) is 1.96. The Balaban J connectivity index is 2.09. The van der Waals surface area contributed by atoms with E-state index in [4.69, 9.17) is 14.3 Å². The molecule has 0 unspecified atom stereocenters. The quantitative estimate of drug-likeness (QED) is 0.923. The van der Waals surface area contributed by atoms with Gasteiger partial charge in [-0.2, -0.15) is 13.8 Å². The molecule has 0 aliphatic carbocycles. The number of nitrogens with zero attached hydrogens (tertiary/aromatic N) is 2. The molecule has 1 fully saturated rings. The Kier molecular flexibility index (Phi) is 3.80. The minimum atomic E-state index is -3.04. The Morgan fingerprint density at radius 1 is 1.36 bits per heavy atom. The van der Waals surface area contributed by atoms with Gasteiger partial charge in [-0.15, -0.1) is 0 Å². The molecule has 9 heteroatoms. The number of morpholine rings is 1. The van der Waals surface area contributed by atoms with Gasteiger partial charge in [0.05, 0.1) is 13.2 Å². The number of carboxylic acid groups (broad SMARTS) is 1. The van der Waals surface area contributed by atoms with Gasteiger partial charge in [-0.1, -0.05) is 0 Å². The lowest BCUT2D eigenvalue weighted by atomic mass is 10.2. The van der Waals surface area contributed by atoms with Crippen molar-refractivity contribution in [1.82, 2.24) is 4.98 Å². The van der Waals surface area contributed by atoms with Crippen molar-refractivity contribution in [2.45, 2.75) is 6.61 Å². The van der Waals surface area contributed by atoms with Crippen molar-refractivity contribution in [3.05, 3.63) is 17.7 Å². The van der Waals surface area contributed by atoms with Gasteiger partial charge in [-0.3, -0.25) is 0 Å². The molecule has 22 heavy (non-hydrogen) atoms. The first-order chi connectivity index (χ1) is 10.6. The summed E-state index contributed by atoms with van der Waals surface area (Å²) in [4.78, 5) is 17.1. The fourth-order valence-corrected chi connectivity index (χ4v) is 2.22. The average molecular weight is 314 g/mol. The summed E-state index contributed by atoms with van der Waals surface area (Å²) in [5, 5.41) is 9.16. The van der Waals surface area contributed by atoms with Gasteiger partial charge in [0.25, 0.3) is 6.01 Å². The van der Waals surface area contributed by atoms with E-state index in [1.807, 2.05) is 0 Å². The lowest BCUT2D eigenvalue weighted by Gasteiger charge is -2.24. The highest BCUT2D eigenvalue weighted by Crippen LogP contribution is 2.33. The number of carbonyl (C=O) groups is 1. The van der Waals surface area contributed by atoms with Crippen molar-refractivity contribution in [2.24, 2.45) is 0 Å². The lowest BCUT2D eigenvalue weighted by Crippen LogP contribution is -2.36. The Labute approximate surface area is 123 Å². The van der Waals surface area contributed by atoms with Gasteiger partial charge in [0.1, 0.15) is 5.56 Å². The standard InChI is InChI=1S/C13H12F2N2O5/c14-12(15)21-8-2-1-7(11(18)19)10-9(8)16-13(22-10)17-3-5-20-6-4-17/h1-2,12H,3-6H2,(H,18,19). The summed E-state index contributed by atoms with van der Waals surface area (Å²) in [5.41, 5.74) is -0.294. The molecule has 0 spiro atoms. The lowest BCUT2D eigenvalue weighted by molar-refractivity contribution is -0.0489. The highest BCUT2D eigenvalue weighted by atomic mass is 19.3. The highest BCUT2D eigenvalue weighted by Gasteiger charge is 2.24. The molecule has 1 N–H and O–H groups in total. The van der Waals surface area contributed by atoms with Gasteiger partial charge in [0.15, 0.2) is 16.8 Å². The zero-order valence-corrected chi connectivity index (χ0v) is 11.3. The molecule has 2 aromatic rings. The molecule has 3 rings (SSSR count). The molecule has 1 saturated heterocycles. The van der Waals surface area contributed by atoms with Crippen molar-refractivity contribution >= 4 is 23.1 Å². The number of rotatable bonds is 4. The molecule has 1 aliphatic rings. The normalized spacial score (nSPS) is 15.5. The number of halogens is 2. The van der Waals surface area contributed by atoms with Gasteiger partial charge in [-0.05, 0) is 12.1 Å². The number of hydrogen-bond acceptors (Lipinski definition) is 6. The van der Waals surface area contributed by atoms with Crippen LogP contribution in [-0.2, 0) is 4.74 Å². The number of oxazole rings is 1. The Morgan fingerprint density at radius 3 is 2.73 bits per heavy atom. The second-order valence-electron chi connectivity index (χ2n) is 4.57. The molecule has 118 valence electrons. The SMILES string of the molecule is O=C(O)c1ccc(OC(F)F)c2nc(N3CCOCC3)oc12. The first-order valence-corrected chi connectivity index (χ1v) is 6.50. The zero-order chi connectivity index (χ0) is 15.7. The Morgan fingerprint density at radius 2 is 2.09 bits per heavy atom. The molecule has 0 bridgehead atoms. The van der Waals surface area contributed by atoms with E-state index in [-0.39, 0.29) is 28.4 Å². The molecular weight excluding hydrogens is 302 g/mol. The molecule has 0 radical (unpaired) electrons. The first-order valence-electron chi connectivity index (χ1n) is 6.50. The number of carboxylic acids is 1. The molecule has 2 heterocycles. The summed E-state index contributed by atoms with van der Waals surface area (Å²) < 4.78 is 39.9. The number of ether oxygens (including phenoxy) is 2. The fraction of sp³-hybridized carbons (Fsp3) is 0.385. The molecule has 0 atom stereocenters. The van der Waals surface area contributed by atoms with Gasteiger partial charge >= 0.3 is 12.6 Å². The van der Waals surface area contributed by atoms with E-state index in [2.05, 4.69) is 9.72 Å². The van der Waals surface area contributed by atoms with Gasteiger partial charge in [0.2, 0.25) is 0 Å². The average Bonchev–Trinajstić information content (AvgIpc) is 2.93. The van der Waals surface area contributed by atoms with Crippen molar-refractivity contribution in [3.8, 4) is 5.75 Å². The van der Waals surface area contributed by atoms with Crippen LogP contribution < -0.4 is 9.64 Å². The minimum absolute atomic E-state index is 0.0401. The summed E-state index contributed by atoms with van der Waals surface area (Å²) in [5.74, 6) is -1.46. The second-order valence-corrected chi connectivity index (χ2v) is 4.57. The number of aromatic nitrogens is 1. The third kappa shape index (κ3) is 2.67. The molecule has 7 nitrogen and oxygen atoms in total. The van der Waals surface area contributed by atoms with Crippen LogP contribution in [-0.4, -0.2) is 49.0 Å². The van der Waals surface area contributed by atoms with Crippen LogP contribution >= 0.6 is 0 Å². The van der Waals surface area contributed by atoms with E-state index < -0.39 is 12.6 Å². The van der Waals surface area contributed by atoms with Crippen LogP contribution in [0.4, 0.5) is 14.8 Å². The van der Waals surface area contributed by atoms with E-state index in [1.165, 1.54) is 0 Å². The molecule has 1 aromatic heterocycles. The monoisotopic (exact) mass is 314 g/mol. The van der Waals surface area contributed by atoms with E-state index in [1.54, 1.807) is 4.90 Å². The van der Waals surface area contributed by atoms with E-state index >= 15 is 0 Å². The molecular formula is C13H12F2N2O5. The molecule has 1 aromatic carbocycles. The second kappa shape index (κ2) is 5.76. The number of anilines is 1. The largest absolute Gasteiger partial charge is 0.478 e. The smallest absolute Gasteiger partial charge is 0.387 e. The number of fused-ring (bicyclic) bond motifs is 1. The Bertz CT molecular complexity index is 697. The van der Waals surface area contributed by atoms with Crippen molar-refractivity contribution in [2.75, 3.05) is 31.2 Å². The van der Waals surface area contributed by atoms with Gasteiger partial charge < -0.3 is 23.9 Å². The minimum Gasteiger partial charge on any atom is -0.478 e. The maximum Gasteiger partial charge on any atom is 0.387 e. The van der Waals surface area contributed by atoms with Crippen LogP contribution in [0.25, 0.3) is 11.1 Å². The van der Waals surface area contributed by atoms with Crippen LogP contribution in [0.1, 0.15) is 10.4 Å². The topological polar surface area (TPSA) is 85.0 Å². The number of alkyl halides is 2. The maximum atomic E-state index is 12.4. The van der Waals surface area contributed by atoms with Crippen molar-refractivity contribution in [3.63, 3.8) is 0 Å². The van der Waals surface area contributed by atoms with E-state index in [0.717, 1.165) is 12.1 Å². The number of hydrogen-bond donors (Lipinski definition) is 1. The fourth-order valence-electron chi connectivity index (χ4n) is 2.22. The number of aromatic carboxylic acids is 1. The van der Waals surface area contributed by atoms with Crippen LogP contribution in [0.5, 0.6) is 5.75 Å². The van der Waals surface area contributed by atoms with Crippen molar-refractivity contribution < 1.29 is 32.6 Å². The maximum absolute atomic E-state index is 12.4. The molecule has 0 amide bonds. The summed E-state index contributed by atoms with van der Waals surface area (Å²) in [7, 11) is 0. The van der Waals surface area contributed by atoms with Crippen LogP contribution in [0, 0.1) is 0 Å². The summed E-state index contributed by atoms with van der Waals surface area (Å²) in [6.45, 7) is -1.06. The zero-order valence-electron chi connectivity index (χ0n) is 11.3. The highest BCUT2D eigenvalue weighted by molar-refractivity contribution is 6.02. The molecule has 1 aliphatic heterocycles. The first kappa shape index (κ1) is 14.5. The van der Waals surface area contributed by atoms with E-state index in [9.17, 15) is 13.6 Å². The predicted molar refractivity (Wildman–Crippen MR) is 70.6 cm³/mol. The summed E-state index contributed by atoms with van der Waals surface area (Å²) in [6, 6.07) is 2.45. The van der Waals surface area contributed by atoms with Crippen LogP contribution in [0.3, 0.4) is 0 Å². The van der Waals surface area contributed by atoms with Gasteiger partial charge in [0, 0.05) is 13.1 Å². The van der Waals surface area contributed by atoms with Crippen LogP contribution in [0.15, 0.2) is 16.5 Å². The van der Waals surface area contributed by atoms with Gasteiger partial charge in [-0.25, -0.2) is 4.79 Å². The third-order valence-corrected chi connectivity index (χ3v) is 3.22. The summed E-state index contributed by atoms with van der Waals surface area (Å²) in [6.07, 6.45) is 0. The van der Waals surface area contributed by atoms with Crippen molar-refractivity contribution in [1.29, 1.82) is 0 Å². The summed E-state index contributed by atoms with van der Waals surface area (Å²) >= 11 is 0. The third-order valence-electron chi connectivity index (χ3n) is 3.22. The Hall–Kier alpha value is -2.42. The number of benzene rings is 1. The van der Waals surface area contributed by atoms with Crippen LogP contribution in [0.2, 0.25) is 0 Å². The van der Waals surface area contributed by atoms with E-state index in [0.29, 0.717) is 26.3 Å².